The lowest BCUT2D eigenvalue weighted by Gasteiger charge is -2.08. The van der Waals surface area contributed by atoms with E-state index in [9.17, 15) is 0 Å². The number of aromatic amines is 1. The molecule has 2 aromatic rings. The number of nitrogens with one attached hydrogen (secondary N) is 2. The van der Waals surface area contributed by atoms with Crippen molar-refractivity contribution >= 4 is 16.6 Å². The van der Waals surface area contributed by atoms with Crippen molar-refractivity contribution in [3.8, 4) is 0 Å². The van der Waals surface area contributed by atoms with Gasteiger partial charge >= 0.3 is 0 Å². The highest BCUT2D eigenvalue weighted by Gasteiger charge is 2.08. The highest BCUT2D eigenvalue weighted by molar-refractivity contribution is 5.89. The van der Waals surface area contributed by atoms with Crippen molar-refractivity contribution in [1.82, 2.24) is 0 Å². The van der Waals surface area contributed by atoms with Crippen molar-refractivity contribution in [2.24, 2.45) is 0 Å². The average Bonchev–Trinajstić information content (AvgIpc) is 2.35. The van der Waals surface area contributed by atoms with Gasteiger partial charge in [-0.15, -0.1) is 0 Å². The van der Waals surface area contributed by atoms with Crippen LogP contribution in [0.5, 0.6) is 0 Å². The standard InChI is InChI=1S/C15H20N2O/c1-11-5-6-14-13(9-11)15(10-12(2)17-14)16-7-4-8-18-3/h5-6,9-10H,4,7-8H2,1-3H3,(H,16,17)/p+1. The Bertz CT molecular complexity index is 537. The molecule has 1 heterocycles. The third-order valence-corrected chi connectivity index (χ3v) is 3.00. The third kappa shape index (κ3) is 2.99. The summed E-state index contributed by atoms with van der Waals surface area (Å²) in [6.07, 6.45) is 1.02. The molecule has 0 bridgehead atoms. The average molecular weight is 245 g/mol. The van der Waals surface area contributed by atoms with Gasteiger partial charge in [-0.1, -0.05) is 6.07 Å². The van der Waals surface area contributed by atoms with Crippen molar-refractivity contribution < 1.29 is 9.72 Å². The van der Waals surface area contributed by atoms with Crippen LogP contribution in [0.25, 0.3) is 10.9 Å². The smallest absolute Gasteiger partial charge is 0.213 e. The molecule has 0 fully saturated rings. The van der Waals surface area contributed by atoms with E-state index >= 15 is 0 Å². The normalized spacial score (nSPS) is 10.8. The highest BCUT2D eigenvalue weighted by atomic mass is 16.5. The van der Waals surface area contributed by atoms with Crippen molar-refractivity contribution in [1.29, 1.82) is 0 Å². The van der Waals surface area contributed by atoms with Gasteiger partial charge in [-0.05, 0) is 25.0 Å². The van der Waals surface area contributed by atoms with E-state index in [1.165, 1.54) is 27.8 Å². The molecule has 0 radical (unpaired) electrons. The van der Waals surface area contributed by atoms with Crippen LogP contribution in [0.3, 0.4) is 0 Å². The van der Waals surface area contributed by atoms with E-state index in [0.29, 0.717) is 0 Å². The number of anilines is 1. The lowest BCUT2D eigenvalue weighted by Crippen LogP contribution is -2.12. The number of hydrogen-bond acceptors (Lipinski definition) is 2. The van der Waals surface area contributed by atoms with Crippen LogP contribution in [0.4, 0.5) is 5.69 Å². The van der Waals surface area contributed by atoms with Crippen LogP contribution in [0.2, 0.25) is 0 Å². The summed E-state index contributed by atoms with van der Waals surface area (Å²) in [6, 6.07) is 8.64. The third-order valence-electron chi connectivity index (χ3n) is 3.00. The second-order valence-electron chi connectivity index (χ2n) is 4.69. The predicted octanol–water partition coefficient (Wildman–Crippen LogP) is 2.72. The van der Waals surface area contributed by atoms with Crippen molar-refractivity contribution in [3.63, 3.8) is 0 Å². The maximum absolute atomic E-state index is 5.06. The summed E-state index contributed by atoms with van der Waals surface area (Å²) in [5.41, 5.74) is 4.82. The van der Waals surface area contributed by atoms with Crippen molar-refractivity contribution in [3.05, 3.63) is 35.5 Å². The van der Waals surface area contributed by atoms with Gasteiger partial charge in [0.2, 0.25) is 5.52 Å². The molecule has 96 valence electrons. The zero-order valence-corrected chi connectivity index (χ0v) is 11.3. The van der Waals surface area contributed by atoms with E-state index < -0.39 is 0 Å². The number of methoxy groups -OCH3 is 1. The molecule has 2 N–H and O–H groups in total. The Labute approximate surface area is 108 Å². The number of ether oxygens (including phenoxy) is 1. The second kappa shape index (κ2) is 5.83. The van der Waals surface area contributed by atoms with Gasteiger partial charge in [-0.2, -0.15) is 0 Å². The minimum Gasteiger partial charge on any atom is -0.385 e. The molecule has 0 aliphatic carbocycles. The molecule has 0 atom stereocenters. The van der Waals surface area contributed by atoms with Crippen molar-refractivity contribution in [2.75, 3.05) is 25.6 Å². The number of benzene rings is 1. The van der Waals surface area contributed by atoms with E-state index in [1.807, 2.05) is 0 Å². The van der Waals surface area contributed by atoms with Gasteiger partial charge in [0.1, 0.15) is 0 Å². The largest absolute Gasteiger partial charge is 0.385 e. The Kier molecular flexibility index (Phi) is 4.15. The number of hydrogen-bond donors (Lipinski definition) is 1. The molecule has 3 heteroatoms. The molecule has 2 rings (SSSR count). The number of fused-ring (bicyclic) bond motifs is 1. The van der Waals surface area contributed by atoms with E-state index in [2.05, 4.69) is 48.4 Å². The quantitative estimate of drug-likeness (QED) is 0.822. The van der Waals surface area contributed by atoms with Gasteiger partial charge in [0.15, 0.2) is 5.69 Å². The summed E-state index contributed by atoms with van der Waals surface area (Å²) in [5, 5.41) is 4.74. The van der Waals surface area contributed by atoms with E-state index in [0.717, 1.165) is 19.6 Å². The van der Waals surface area contributed by atoms with Gasteiger partial charge in [-0.25, -0.2) is 4.98 Å². The fourth-order valence-corrected chi connectivity index (χ4v) is 2.12. The van der Waals surface area contributed by atoms with Crippen LogP contribution in [-0.2, 0) is 4.74 Å². The Morgan fingerprint density at radius 2 is 2.06 bits per heavy atom. The molecular formula is C15H21N2O+. The number of aryl methyl sites for hydroxylation is 2. The topological polar surface area (TPSA) is 35.4 Å². The summed E-state index contributed by atoms with van der Waals surface area (Å²) < 4.78 is 5.06. The minimum absolute atomic E-state index is 0.794. The Morgan fingerprint density at radius 1 is 1.22 bits per heavy atom. The van der Waals surface area contributed by atoms with E-state index in [1.54, 1.807) is 7.11 Å². The molecular weight excluding hydrogens is 224 g/mol. The molecule has 18 heavy (non-hydrogen) atoms. The molecule has 1 aromatic carbocycles. The van der Waals surface area contributed by atoms with Crippen LogP contribution >= 0.6 is 0 Å². The summed E-state index contributed by atoms with van der Waals surface area (Å²) in [7, 11) is 1.74. The van der Waals surface area contributed by atoms with E-state index in [4.69, 9.17) is 4.74 Å². The highest BCUT2D eigenvalue weighted by Crippen LogP contribution is 2.22. The van der Waals surface area contributed by atoms with Crippen LogP contribution < -0.4 is 10.3 Å². The van der Waals surface area contributed by atoms with Gasteiger partial charge in [0.25, 0.3) is 0 Å². The lowest BCUT2D eigenvalue weighted by molar-refractivity contribution is -0.354. The van der Waals surface area contributed by atoms with Gasteiger partial charge in [-0.3, -0.25) is 0 Å². The van der Waals surface area contributed by atoms with Crippen molar-refractivity contribution in [2.45, 2.75) is 20.3 Å². The van der Waals surface area contributed by atoms with Crippen LogP contribution in [0.1, 0.15) is 17.7 Å². The van der Waals surface area contributed by atoms with Gasteiger partial charge < -0.3 is 10.1 Å². The molecule has 0 aliphatic heterocycles. The molecule has 3 nitrogen and oxygen atoms in total. The number of rotatable bonds is 5. The molecule has 0 saturated carbocycles. The molecule has 0 spiro atoms. The maximum Gasteiger partial charge on any atom is 0.213 e. The second-order valence-corrected chi connectivity index (χ2v) is 4.69. The number of aromatic nitrogens is 1. The molecule has 0 saturated heterocycles. The first-order valence-electron chi connectivity index (χ1n) is 6.37. The molecule has 1 aromatic heterocycles. The monoisotopic (exact) mass is 245 g/mol. The SMILES string of the molecule is COCCCNc1cc(C)[nH+]c2ccc(C)cc12. The first-order chi connectivity index (χ1) is 8.70. The summed E-state index contributed by atoms with van der Waals surface area (Å²) in [6.45, 7) is 5.93. The fourth-order valence-electron chi connectivity index (χ4n) is 2.12. The predicted molar refractivity (Wildman–Crippen MR) is 75.0 cm³/mol. The molecule has 0 amide bonds. The van der Waals surface area contributed by atoms with Gasteiger partial charge in [0, 0.05) is 39.3 Å². The Morgan fingerprint density at radius 3 is 2.83 bits per heavy atom. The molecule has 0 aliphatic rings. The van der Waals surface area contributed by atoms with Gasteiger partial charge in [0.05, 0.1) is 11.1 Å². The zero-order valence-electron chi connectivity index (χ0n) is 11.3. The van der Waals surface area contributed by atoms with E-state index in [-0.39, 0.29) is 0 Å². The summed E-state index contributed by atoms with van der Waals surface area (Å²) in [5.74, 6) is 0. The number of H-pyrrole nitrogens is 1. The summed E-state index contributed by atoms with van der Waals surface area (Å²) >= 11 is 0. The minimum atomic E-state index is 0.794. The number of pyridine rings is 1. The maximum atomic E-state index is 5.06. The first kappa shape index (κ1) is 12.8. The van der Waals surface area contributed by atoms with Crippen LogP contribution in [0, 0.1) is 13.8 Å². The molecule has 0 unspecified atom stereocenters. The zero-order chi connectivity index (χ0) is 13.0. The van der Waals surface area contributed by atoms with Crippen LogP contribution in [-0.4, -0.2) is 20.3 Å². The first-order valence-corrected chi connectivity index (χ1v) is 6.37. The fraction of sp³-hybridized carbons (Fsp3) is 0.400. The van der Waals surface area contributed by atoms with Crippen LogP contribution in [0.15, 0.2) is 24.3 Å². The lowest BCUT2D eigenvalue weighted by atomic mass is 10.1. The Balaban J connectivity index is 2.27. The summed E-state index contributed by atoms with van der Waals surface area (Å²) in [4.78, 5) is 3.39. The Hall–Kier alpha value is -1.61.